The number of fused-ring (bicyclic) bond motifs is 2. The van der Waals surface area contributed by atoms with Crippen LogP contribution in [0.15, 0.2) is 121 Å². The summed E-state index contributed by atoms with van der Waals surface area (Å²) in [6, 6.07) is 38.1. The maximum atomic E-state index is 13.7. The zero-order valence-corrected chi connectivity index (χ0v) is 22.0. The van der Waals surface area contributed by atoms with Crippen LogP contribution in [0, 0.1) is 0 Å². The summed E-state index contributed by atoms with van der Waals surface area (Å²) in [4.78, 5) is 33.7. The number of esters is 1. The third-order valence-electron chi connectivity index (χ3n) is 6.53. The topological polar surface area (TPSA) is 59.5 Å². The van der Waals surface area contributed by atoms with Crippen LogP contribution < -0.4 is 4.90 Å². The van der Waals surface area contributed by atoms with Gasteiger partial charge in [0.2, 0.25) is 0 Å². The van der Waals surface area contributed by atoms with E-state index in [-0.39, 0.29) is 5.91 Å². The van der Waals surface area contributed by atoms with E-state index in [1.54, 1.807) is 29.2 Å². The van der Waals surface area contributed by atoms with E-state index >= 15 is 0 Å². The monoisotopic (exact) mass is 528 g/mol. The molecule has 1 amide bonds. The molecule has 0 N–H and O–H groups in total. The molecule has 0 bridgehead atoms. The Labute approximate surface area is 229 Å². The van der Waals surface area contributed by atoms with Crippen molar-refractivity contribution in [2.75, 3.05) is 4.90 Å². The van der Waals surface area contributed by atoms with E-state index in [9.17, 15) is 9.59 Å². The Kier molecular flexibility index (Phi) is 6.61. The third kappa shape index (κ3) is 4.78. The van der Waals surface area contributed by atoms with Gasteiger partial charge in [-0.25, -0.2) is 9.78 Å². The highest BCUT2D eigenvalue weighted by atomic mass is 32.1. The molecule has 1 unspecified atom stereocenters. The van der Waals surface area contributed by atoms with Gasteiger partial charge in [0.15, 0.2) is 6.10 Å². The van der Waals surface area contributed by atoms with Crippen molar-refractivity contribution in [2.45, 2.75) is 13.0 Å². The van der Waals surface area contributed by atoms with Crippen LogP contribution in [-0.4, -0.2) is 23.0 Å². The molecule has 1 atom stereocenters. The number of amides is 1. The molecule has 0 fully saturated rings. The van der Waals surface area contributed by atoms with Crippen LogP contribution in [0.25, 0.3) is 31.6 Å². The molecule has 0 aliphatic rings. The SMILES string of the molecule is CC(OC(=O)c1cccc2cccc(-c3nc4ccccc4s3)c12)C(=O)N(c1ccccc1)c1ccccc1. The predicted molar refractivity (Wildman–Crippen MR) is 157 cm³/mol. The summed E-state index contributed by atoms with van der Waals surface area (Å²) < 4.78 is 6.91. The van der Waals surface area contributed by atoms with Crippen molar-refractivity contribution in [1.82, 2.24) is 4.98 Å². The predicted octanol–water partition coefficient (Wildman–Crippen LogP) is 8.03. The number of carbonyl (C=O) groups excluding carboxylic acids is 2. The summed E-state index contributed by atoms with van der Waals surface area (Å²) in [6.45, 7) is 1.61. The van der Waals surface area contributed by atoms with Gasteiger partial charge in [-0.1, -0.05) is 78.9 Å². The van der Waals surface area contributed by atoms with Crippen molar-refractivity contribution in [3.05, 3.63) is 127 Å². The summed E-state index contributed by atoms with van der Waals surface area (Å²) in [5, 5.41) is 2.48. The average molecular weight is 529 g/mol. The van der Waals surface area contributed by atoms with E-state index in [1.807, 2.05) is 115 Å². The maximum absolute atomic E-state index is 13.7. The number of carbonyl (C=O) groups is 2. The maximum Gasteiger partial charge on any atom is 0.339 e. The lowest BCUT2D eigenvalue weighted by Crippen LogP contribution is -2.37. The molecule has 0 saturated carbocycles. The van der Waals surface area contributed by atoms with Gasteiger partial charge in [-0.3, -0.25) is 9.69 Å². The van der Waals surface area contributed by atoms with Gasteiger partial charge in [-0.15, -0.1) is 11.3 Å². The number of ether oxygens (including phenoxy) is 1. The number of hydrogen-bond acceptors (Lipinski definition) is 5. The van der Waals surface area contributed by atoms with Crippen LogP contribution in [0.2, 0.25) is 0 Å². The van der Waals surface area contributed by atoms with Gasteiger partial charge < -0.3 is 4.74 Å². The normalized spacial score (nSPS) is 11.8. The Morgan fingerprint density at radius 3 is 2.03 bits per heavy atom. The van der Waals surface area contributed by atoms with Crippen molar-refractivity contribution in [1.29, 1.82) is 0 Å². The van der Waals surface area contributed by atoms with Crippen LogP contribution >= 0.6 is 11.3 Å². The Morgan fingerprint density at radius 2 is 1.36 bits per heavy atom. The Hall–Kier alpha value is -4.81. The Balaban J connectivity index is 1.35. The fraction of sp³-hybridized carbons (Fsp3) is 0.0606. The number of aromatic nitrogens is 1. The number of thiazole rings is 1. The van der Waals surface area contributed by atoms with Crippen molar-refractivity contribution >= 4 is 55.6 Å². The van der Waals surface area contributed by atoms with Crippen LogP contribution in [0.4, 0.5) is 11.4 Å². The van der Waals surface area contributed by atoms with Crippen molar-refractivity contribution < 1.29 is 14.3 Å². The van der Waals surface area contributed by atoms with Gasteiger partial charge in [0.25, 0.3) is 5.91 Å². The fourth-order valence-corrected chi connectivity index (χ4v) is 5.69. The second-order valence-electron chi connectivity index (χ2n) is 9.09. The van der Waals surface area contributed by atoms with Gasteiger partial charge in [0.05, 0.1) is 15.8 Å². The second-order valence-corrected chi connectivity index (χ2v) is 10.1. The molecule has 6 aromatic rings. The average Bonchev–Trinajstić information content (AvgIpc) is 3.42. The van der Waals surface area contributed by atoms with Gasteiger partial charge >= 0.3 is 5.97 Å². The van der Waals surface area contributed by atoms with E-state index < -0.39 is 12.1 Å². The number of para-hydroxylation sites is 3. The molecule has 6 heteroatoms. The minimum absolute atomic E-state index is 0.340. The lowest BCUT2D eigenvalue weighted by atomic mass is 9.99. The highest BCUT2D eigenvalue weighted by Gasteiger charge is 2.28. The molecule has 0 saturated heterocycles. The number of anilines is 2. The number of nitrogens with zero attached hydrogens (tertiary/aromatic N) is 2. The molecule has 5 nitrogen and oxygen atoms in total. The molecule has 0 aliphatic carbocycles. The Bertz CT molecular complexity index is 1720. The summed E-state index contributed by atoms with van der Waals surface area (Å²) >= 11 is 1.58. The molecule has 6 rings (SSSR count). The van der Waals surface area contributed by atoms with Crippen LogP contribution in [-0.2, 0) is 9.53 Å². The quantitative estimate of drug-likeness (QED) is 0.205. The summed E-state index contributed by atoms with van der Waals surface area (Å²) in [7, 11) is 0. The number of benzene rings is 5. The molecule has 39 heavy (non-hydrogen) atoms. The Morgan fingerprint density at radius 1 is 0.744 bits per heavy atom. The standard InChI is InChI=1S/C33H24N2O3S/c1-22(32(36)35(24-14-4-2-5-15-24)25-16-6-3-7-17-25)38-33(37)27-19-11-13-23-12-10-18-26(30(23)27)31-34-28-20-8-9-21-29(28)39-31/h2-22H,1H3. The van der Waals surface area contributed by atoms with Crippen LogP contribution in [0.3, 0.4) is 0 Å². The molecule has 5 aromatic carbocycles. The fourth-order valence-electron chi connectivity index (χ4n) is 4.69. The largest absolute Gasteiger partial charge is 0.449 e. The molecular formula is C33H24N2O3S. The second kappa shape index (κ2) is 10.5. The molecule has 0 radical (unpaired) electrons. The van der Waals surface area contributed by atoms with Gasteiger partial charge in [0, 0.05) is 22.3 Å². The van der Waals surface area contributed by atoms with E-state index in [0.717, 1.165) is 31.6 Å². The zero-order valence-electron chi connectivity index (χ0n) is 21.2. The number of rotatable bonds is 6. The van der Waals surface area contributed by atoms with Crippen molar-refractivity contribution in [2.24, 2.45) is 0 Å². The summed E-state index contributed by atoms with van der Waals surface area (Å²) in [6.07, 6.45) is -1.03. The van der Waals surface area contributed by atoms with E-state index in [0.29, 0.717) is 16.9 Å². The van der Waals surface area contributed by atoms with Gasteiger partial charge in [-0.2, -0.15) is 0 Å². The first-order chi connectivity index (χ1) is 19.1. The molecule has 0 aliphatic heterocycles. The van der Waals surface area contributed by atoms with Crippen LogP contribution in [0.1, 0.15) is 17.3 Å². The molecule has 1 aromatic heterocycles. The zero-order chi connectivity index (χ0) is 26.8. The highest BCUT2D eigenvalue weighted by molar-refractivity contribution is 7.21. The minimum Gasteiger partial charge on any atom is -0.449 e. The van der Waals surface area contributed by atoms with E-state index in [4.69, 9.17) is 9.72 Å². The summed E-state index contributed by atoms with van der Waals surface area (Å²) in [5.41, 5.74) is 3.55. The molecule has 190 valence electrons. The molecule has 0 spiro atoms. The van der Waals surface area contributed by atoms with E-state index in [2.05, 4.69) is 0 Å². The lowest BCUT2D eigenvalue weighted by molar-refractivity contribution is -0.125. The first-order valence-electron chi connectivity index (χ1n) is 12.6. The third-order valence-corrected chi connectivity index (χ3v) is 7.60. The van der Waals surface area contributed by atoms with Crippen molar-refractivity contribution in [3.63, 3.8) is 0 Å². The highest BCUT2D eigenvalue weighted by Crippen LogP contribution is 2.36. The first-order valence-corrected chi connectivity index (χ1v) is 13.4. The number of hydrogen-bond donors (Lipinski definition) is 0. The van der Waals surface area contributed by atoms with Crippen LogP contribution in [0.5, 0.6) is 0 Å². The van der Waals surface area contributed by atoms with Gasteiger partial charge in [0.1, 0.15) is 5.01 Å². The lowest BCUT2D eigenvalue weighted by Gasteiger charge is -2.26. The summed E-state index contributed by atoms with van der Waals surface area (Å²) in [5.74, 6) is -0.900. The van der Waals surface area contributed by atoms with Gasteiger partial charge in [-0.05, 0) is 54.8 Å². The van der Waals surface area contributed by atoms with E-state index in [1.165, 1.54) is 0 Å². The molecular weight excluding hydrogens is 504 g/mol. The minimum atomic E-state index is -1.03. The van der Waals surface area contributed by atoms with Crippen molar-refractivity contribution in [3.8, 4) is 10.6 Å². The smallest absolute Gasteiger partial charge is 0.339 e. The molecule has 1 heterocycles. The first kappa shape index (κ1) is 24.5.